The molecule has 6 aromatic rings. The normalized spacial score (nSPS) is 10.9. The number of nitrogens with zero attached hydrogens (tertiary/aromatic N) is 1. The van der Waals surface area contributed by atoms with Crippen molar-refractivity contribution in [3.63, 3.8) is 0 Å². The molecule has 6 rings (SSSR count). The third-order valence-corrected chi connectivity index (χ3v) is 10.8. The molecule has 6 aromatic carbocycles. The quantitative estimate of drug-likeness (QED) is 0.0401. The second-order valence-corrected chi connectivity index (χ2v) is 15.5. The largest absolute Gasteiger partial charge is 0.494 e. The van der Waals surface area contributed by atoms with Gasteiger partial charge in [-0.1, -0.05) is 143 Å². The highest BCUT2D eigenvalue weighted by Crippen LogP contribution is 2.25. The number of hydrogen-bond acceptors (Lipinski definition) is 6. The van der Waals surface area contributed by atoms with Gasteiger partial charge in [0.2, 0.25) is 0 Å². The molecule has 0 fully saturated rings. The Hall–Kier alpha value is -6.06. The summed E-state index contributed by atoms with van der Waals surface area (Å²) in [5.74, 6) is 2.45. The molecule has 0 aliphatic carbocycles. The first kappa shape index (κ1) is 43.5. The van der Waals surface area contributed by atoms with E-state index in [0.717, 1.165) is 97.7 Å². The van der Waals surface area contributed by atoms with Crippen molar-refractivity contribution in [2.75, 3.05) is 26.4 Å². The van der Waals surface area contributed by atoms with Crippen molar-refractivity contribution in [1.29, 1.82) is 5.26 Å². The van der Waals surface area contributed by atoms with E-state index >= 15 is 0 Å². The van der Waals surface area contributed by atoms with Gasteiger partial charge < -0.3 is 18.9 Å². The first-order chi connectivity index (χ1) is 29.6. The average Bonchev–Trinajstić information content (AvgIpc) is 3.30. The van der Waals surface area contributed by atoms with Gasteiger partial charge in [-0.3, -0.25) is 0 Å². The summed E-state index contributed by atoms with van der Waals surface area (Å²) >= 11 is 0. The Balaban J connectivity index is 0.728. The molecule has 0 aliphatic heterocycles. The van der Waals surface area contributed by atoms with E-state index in [2.05, 4.69) is 72.8 Å². The van der Waals surface area contributed by atoms with Crippen LogP contribution in [0, 0.1) is 11.3 Å². The van der Waals surface area contributed by atoms with Crippen molar-refractivity contribution in [2.24, 2.45) is 0 Å². The van der Waals surface area contributed by atoms with Crippen LogP contribution in [0.5, 0.6) is 17.2 Å². The van der Waals surface area contributed by atoms with E-state index in [1.165, 1.54) is 55.7 Å². The van der Waals surface area contributed by atoms with Crippen LogP contribution in [0.1, 0.15) is 106 Å². The van der Waals surface area contributed by atoms with Crippen molar-refractivity contribution in [1.82, 2.24) is 0 Å². The Labute approximate surface area is 357 Å². The maximum absolute atomic E-state index is 12.6. The van der Waals surface area contributed by atoms with Crippen LogP contribution in [0.4, 0.5) is 0 Å². The molecule has 0 radical (unpaired) electrons. The van der Waals surface area contributed by atoms with Gasteiger partial charge in [0.1, 0.15) is 17.2 Å². The molecular weight excluding hydrogens is 743 g/mol. The molecular formula is C54H59NO5. The minimum atomic E-state index is -0.260. The lowest BCUT2D eigenvalue weighted by atomic mass is 10.0. The first-order valence-electron chi connectivity index (χ1n) is 22.0. The number of nitriles is 1. The predicted molar refractivity (Wildman–Crippen MR) is 244 cm³/mol. The summed E-state index contributed by atoms with van der Waals surface area (Å²) in [6.07, 6.45) is 15.9. The molecule has 0 unspecified atom stereocenters. The monoisotopic (exact) mass is 801 g/mol. The van der Waals surface area contributed by atoms with E-state index in [0.29, 0.717) is 24.3 Å². The average molecular weight is 802 g/mol. The molecule has 0 atom stereocenters. The van der Waals surface area contributed by atoms with E-state index in [1.54, 1.807) is 0 Å². The summed E-state index contributed by atoms with van der Waals surface area (Å²) in [5, 5.41) is 11.4. The number of ether oxygens (including phenoxy) is 4. The van der Waals surface area contributed by atoms with E-state index in [4.69, 9.17) is 24.2 Å². The van der Waals surface area contributed by atoms with Crippen LogP contribution in [0.15, 0.2) is 140 Å². The molecule has 60 heavy (non-hydrogen) atoms. The van der Waals surface area contributed by atoms with Crippen LogP contribution in [0.3, 0.4) is 0 Å². The van der Waals surface area contributed by atoms with E-state index in [1.807, 2.05) is 72.8 Å². The van der Waals surface area contributed by atoms with E-state index in [9.17, 15) is 4.79 Å². The predicted octanol–water partition coefficient (Wildman–Crippen LogP) is 14.2. The zero-order valence-corrected chi connectivity index (χ0v) is 35.0. The second-order valence-electron chi connectivity index (χ2n) is 15.5. The molecule has 0 heterocycles. The van der Waals surface area contributed by atoms with Gasteiger partial charge in [-0.25, -0.2) is 4.79 Å². The van der Waals surface area contributed by atoms with Crippen molar-refractivity contribution in [2.45, 2.75) is 89.9 Å². The molecule has 0 N–H and O–H groups in total. The lowest BCUT2D eigenvalue weighted by molar-refractivity contribution is 0.0497. The number of rotatable bonds is 26. The molecule has 0 spiro atoms. The fourth-order valence-corrected chi connectivity index (χ4v) is 7.27. The highest BCUT2D eigenvalue weighted by molar-refractivity contribution is 5.90. The van der Waals surface area contributed by atoms with Gasteiger partial charge in [0.25, 0.3) is 0 Å². The van der Waals surface area contributed by atoms with Gasteiger partial charge in [0.15, 0.2) is 0 Å². The minimum Gasteiger partial charge on any atom is -0.494 e. The summed E-state index contributed by atoms with van der Waals surface area (Å²) in [5.41, 5.74) is 5.60. The molecule has 0 aromatic heterocycles. The summed E-state index contributed by atoms with van der Waals surface area (Å²) in [4.78, 5) is 12.6. The number of unbranched alkanes of at least 4 members (excludes halogenated alkanes) is 12. The van der Waals surface area contributed by atoms with Gasteiger partial charge in [-0.05, 0) is 119 Å². The lowest BCUT2D eigenvalue weighted by Crippen LogP contribution is -2.06. The van der Waals surface area contributed by atoms with Crippen LogP contribution >= 0.6 is 0 Å². The zero-order valence-electron chi connectivity index (χ0n) is 35.0. The van der Waals surface area contributed by atoms with Gasteiger partial charge in [-0.15, -0.1) is 0 Å². The number of fused-ring (bicyclic) bond motifs is 1. The third kappa shape index (κ3) is 14.6. The van der Waals surface area contributed by atoms with Crippen LogP contribution in [0.25, 0.3) is 33.0 Å². The third-order valence-electron chi connectivity index (χ3n) is 10.8. The number of carbonyl (C=O) groups is 1. The van der Waals surface area contributed by atoms with Gasteiger partial charge in [0.05, 0.1) is 43.6 Å². The Morgan fingerprint density at radius 3 is 1.27 bits per heavy atom. The minimum absolute atomic E-state index is 0.260. The maximum Gasteiger partial charge on any atom is 0.338 e. The van der Waals surface area contributed by atoms with E-state index < -0.39 is 0 Å². The Bertz CT molecular complexity index is 2190. The molecule has 0 amide bonds. The Morgan fingerprint density at radius 1 is 0.400 bits per heavy atom. The molecule has 0 saturated carbocycles. The van der Waals surface area contributed by atoms with Crippen molar-refractivity contribution >= 4 is 16.7 Å². The summed E-state index contributed by atoms with van der Waals surface area (Å²) in [6, 6.07) is 48.4. The smallest absolute Gasteiger partial charge is 0.338 e. The van der Waals surface area contributed by atoms with Crippen molar-refractivity contribution in [3.05, 3.63) is 151 Å². The second kappa shape index (κ2) is 24.8. The zero-order chi connectivity index (χ0) is 41.5. The highest BCUT2D eigenvalue weighted by atomic mass is 16.5. The first-order valence-corrected chi connectivity index (χ1v) is 22.0. The van der Waals surface area contributed by atoms with Gasteiger partial charge in [-0.2, -0.15) is 5.26 Å². The number of carbonyl (C=O) groups excluding carboxylic acids is 1. The van der Waals surface area contributed by atoms with Gasteiger partial charge in [0, 0.05) is 0 Å². The SMILES string of the molecule is N#Cc1ccc(-c2ccc(OCCCCCCCCCCCOC(=O)c3ccc(-c4ccc(OCCCCCCCOc5ccc6ccccc6c5)cc4)cc3)cc2)cc1. The summed E-state index contributed by atoms with van der Waals surface area (Å²) < 4.78 is 23.5. The Morgan fingerprint density at radius 2 is 0.783 bits per heavy atom. The molecule has 0 bridgehead atoms. The standard InChI is InChI=1S/C54H59NO5/c55-42-43-19-21-45(22-20-43)47-27-32-51(33-28-47)57-37-13-7-4-2-1-3-5-8-16-40-60-54(56)49-25-23-46(24-26-49)48-29-34-52(35-30-48)58-38-14-9-6-10-15-39-59-53-36-31-44-17-11-12-18-50(44)41-53/h11-12,17-36,41H,1-10,13-16,37-40H2. The molecule has 0 saturated heterocycles. The Kier molecular flexibility index (Phi) is 18.0. The van der Waals surface area contributed by atoms with E-state index in [-0.39, 0.29) is 5.97 Å². The molecule has 0 aliphatic rings. The molecule has 6 nitrogen and oxygen atoms in total. The van der Waals surface area contributed by atoms with Crippen molar-refractivity contribution in [3.8, 4) is 45.6 Å². The summed E-state index contributed by atoms with van der Waals surface area (Å²) in [7, 11) is 0. The van der Waals surface area contributed by atoms with Crippen molar-refractivity contribution < 1.29 is 23.7 Å². The number of benzene rings is 6. The molecule has 310 valence electrons. The fourth-order valence-electron chi connectivity index (χ4n) is 7.27. The highest BCUT2D eigenvalue weighted by Gasteiger charge is 2.08. The van der Waals surface area contributed by atoms with Gasteiger partial charge >= 0.3 is 5.97 Å². The lowest BCUT2D eigenvalue weighted by Gasteiger charge is -2.09. The fraction of sp³-hybridized carbons (Fsp3) is 0.333. The van der Waals surface area contributed by atoms with Crippen LogP contribution in [-0.2, 0) is 4.74 Å². The number of esters is 1. The van der Waals surface area contributed by atoms with Crippen LogP contribution < -0.4 is 14.2 Å². The van der Waals surface area contributed by atoms with Crippen LogP contribution in [0.2, 0.25) is 0 Å². The topological polar surface area (TPSA) is 77.8 Å². The molecule has 6 heteroatoms. The van der Waals surface area contributed by atoms with Crippen LogP contribution in [-0.4, -0.2) is 32.4 Å². The maximum atomic E-state index is 12.6. The number of hydrogen-bond donors (Lipinski definition) is 0. The summed E-state index contributed by atoms with van der Waals surface area (Å²) in [6.45, 7) is 2.65.